The van der Waals surface area contributed by atoms with Crippen molar-refractivity contribution in [3.8, 4) is 5.75 Å². The molecule has 0 saturated heterocycles. The summed E-state index contributed by atoms with van der Waals surface area (Å²) in [5, 5.41) is 11.0. The van der Waals surface area contributed by atoms with E-state index in [4.69, 9.17) is 19.2 Å². The van der Waals surface area contributed by atoms with E-state index < -0.39 is 6.29 Å². The van der Waals surface area contributed by atoms with Gasteiger partial charge in [-0.2, -0.15) is 0 Å². The number of benzene rings is 1. The predicted octanol–water partition coefficient (Wildman–Crippen LogP) is 3.00. The van der Waals surface area contributed by atoms with Crippen LogP contribution in [-0.2, 0) is 27.4 Å². The number of ether oxygens (including phenoxy) is 3. The van der Waals surface area contributed by atoms with E-state index in [2.05, 4.69) is 6.07 Å². The van der Waals surface area contributed by atoms with Crippen LogP contribution in [0.4, 0.5) is 0 Å². The van der Waals surface area contributed by atoms with E-state index in [9.17, 15) is 9.90 Å². The quantitative estimate of drug-likeness (QED) is 0.786. The van der Waals surface area contributed by atoms with E-state index in [0.717, 1.165) is 34.3 Å². The zero-order valence-electron chi connectivity index (χ0n) is 17.6. The number of hydrogen-bond acceptors (Lipinski definition) is 6. The van der Waals surface area contributed by atoms with Gasteiger partial charge in [-0.25, -0.2) is 0 Å². The first-order chi connectivity index (χ1) is 14.6. The van der Waals surface area contributed by atoms with Gasteiger partial charge in [0.25, 0.3) is 5.91 Å². The van der Waals surface area contributed by atoms with Crippen molar-refractivity contribution in [3.05, 3.63) is 47.4 Å². The Morgan fingerprint density at radius 2 is 2.13 bits per heavy atom. The Morgan fingerprint density at radius 1 is 1.30 bits per heavy atom. The van der Waals surface area contributed by atoms with E-state index >= 15 is 0 Å². The minimum Gasteiger partial charge on any atom is -0.497 e. The van der Waals surface area contributed by atoms with Crippen LogP contribution < -0.4 is 4.74 Å². The molecule has 0 spiro atoms. The number of nitrogens with zero attached hydrogens (tertiary/aromatic N) is 2. The van der Waals surface area contributed by atoms with Crippen LogP contribution in [0.15, 0.2) is 36.1 Å². The molecule has 0 saturated carbocycles. The molecule has 0 fully saturated rings. The van der Waals surface area contributed by atoms with Gasteiger partial charge in [-0.3, -0.25) is 9.78 Å². The maximum atomic E-state index is 13.3. The van der Waals surface area contributed by atoms with Crippen molar-refractivity contribution in [3.63, 3.8) is 0 Å². The Morgan fingerprint density at radius 3 is 2.83 bits per heavy atom. The number of amides is 1. The molecule has 0 aliphatic carbocycles. The second-order valence-corrected chi connectivity index (χ2v) is 7.71. The molecule has 2 aliphatic heterocycles. The van der Waals surface area contributed by atoms with Gasteiger partial charge in [0.05, 0.1) is 43.3 Å². The Hall–Kier alpha value is -2.64. The largest absolute Gasteiger partial charge is 0.497 e. The van der Waals surface area contributed by atoms with Gasteiger partial charge >= 0.3 is 0 Å². The highest BCUT2D eigenvalue weighted by Crippen LogP contribution is 2.36. The highest BCUT2D eigenvalue weighted by molar-refractivity contribution is 5.94. The van der Waals surface area contributed by atoms with Crippen molar-refractivity contribution in [2.45, 2.75) is 39.6 Å². The number of carbonyl (C=O) groups is 1. The molecule has 2 aliphatic rings. The van der Waals surface area contributed by atoms with Crippen LogP contribution in [0.2, 0.25) is 0 Å². The van der Waals surface area contributed by atoms with Crippen LogP contribution >= 0.6 is 0 Å². The van der Waals surface area contributed by atoms with Crippen molar-refractivity contribution in [1.29, 1.82) is 0 Å². The normalized spacial score (nSPS) is 23.1. The number of rotatable bonds is 6. The number of carbonyl (C=O) groups excluding carboxylic acids is 1. The summed E-state index contributed by atoms with van der Waals surface area (Å²) < 4.78 is 16.7. The van der Waals surface area contributed by atoms with Gasteiger partial charge in [0.2, 0.25) is 6.29 Å². The summed E-state index contributed by atoms with van der Waals surface area (Å²) in [6, 6.07) is 7.84. The molecule has 1 aromatic heterocycles. The van der Waals surface area contributed by atoms with Gasteiger partial charge in [-0.1, -0.05) is 6.92 Å². The van der Waals surface area contributed by atoms with Crippen molar-refractivity contribution in [2.75, 3.05) is 20.3 Å². The monoisotopic (exact) mass is 412 g/mol. The molecular formula is C23H28N2O5. The Kier molecular flexibility index (Phi) is 5.92. The van der Waals surface area contributed by atoms with Crippen molar-refractivity contribution in [2.24, 2.45) is 11.8 Å². The Bertz CT molecular complexity index is 973. The average Bonchev–Trinajstić information content (AvgIpc) is 3.19. The standard InChI is InChI=1S/C23H28N2O5/c1-4-17-18(12-26)19(13-30-23(17)29-5-2)22(27)25-10-15-8-14-9-16(28-3)6-7-20(14)24-21(15)11-25/h6-9,13,17-18,23,26H,4-5,10-12H2,1-3H3. The minimum atomic E-state index is -0.438. The average molecular weight is 412 g/mol. The first kappa shape index (κ1) is 20.6. The van der Waals surface area contributed by atoms with Crippen LogP contribution in [0.25, 0.3) is 10.9 Å². The van der Waals surface area contributed by atoms with Crippen molar-refractivity contribution >= 4 is 16.8 Å². The van der Waals surface area contributed by atoms with Crippen molar-refractivity contribution in [1.82, 2.24) is 9.88 Å². The number of hydrogen-bond donors (Lipinski definition) is 1. The summed E-state index contributed by atoms with van der Waals surface area (Å²) in [6.45, 7) is 5.24. The minimum absolute atomic E-state index is 0.0722. The molecular weight excluding hydrogens is 384 g/mol. The van der Waals surface area contributed by atoms with Crippen LogP contribution in [0.5, 0.6) is 5.75 Å². The summed E-state index contributed by atoms with van der Waals surface area (Å²) in [5.74, 6) is 0.270. The fraction of sp³-hybridized carbons (Fsp3) is 0.478. The number of methoxy groups -OCH3 is 1. The van der Waals surface area contributed by atoms with Crippen LogP contribution in [-0.4, -0.2) is 47.5 Å². The molecule has 7 nitrogen and oxygen atoms in total. The third-order valence-corrected chi connectivity index (χ3v) is 6.02. The molecule has 3 unspecified atom stereocenters. The lowest BCUT2D eigenvalue weighted by Crippen LogP contribution is -2.42. The first-order valence-electron chi connectivity index (χ1n) is 10.4. The molecule has 4 rings (SSSR count). The Balaban J connectivity index is 1.57. The molecule has 3 atom stereocenters. The second kappa shape index (κ2) is 8.62. The lowest BCUT2D eigenvalue weighted by atomic mass is 9.82. The molecule has 160 valence electrons. The summed E-state index contributed by atoms with van der Waals surface area (Å²) in [5.41, 5.74) is 3.31. The third-order valence-electron chi connectivity index (χ3n) is 6.02. The van der Waals surface area contributed by atoms with Gasteiger partial charge in [-0.05, 0) is 43.2 Å². The highest BCUT2D eigenvalue weighted by Gasteiger charge is 2.40. The second-order valence-electron chi connectivity index (χ2n) is 7.71. The van der Waals surface area contributed by atoms with Crippen LogP contribution in [0.3, 0.4) is 0 Å². The maximum Gasteiger partial charge on any atom is 0.253 e. The molecule has 1 N–H and O–H groups in total. The predicted molar refractivity (Wildman–Crippen MR) is 111 cm³/mol. The van der Waals surface area contributed by atoms with Crippen LogP contribution in [0, 0.1) is 11.8 Å². The molecule has 2 aromatic rings. The zero-order valence-corrected chi connectivity index (χ0v) is 17.6. The zero-order chi connectivity index (χ0) is 21.3. The summed E-state index contributed by atoms with van der Waals surface area (Å²) in [4.78, 5) is 19.8. The maximum absolute atomic E-state index is 13.3. The van der Waals surface area contributed by atoms with E-state index in [1.807, 2.05) is 32.0 Å². The fourth-order valence-corrected chi connectivity index (χ4v) is 4.40. The number of aromatic nitrogens is 1. The smallest absolute Gasteiger partial charge is 0.253 e. The number of fused-ring (bicyclic) bond motifs is 2. The lowest BCUT2D eigenvalue weighted by molar-refractivity contribution is -0.164. The Labute approximate surface area is 176 Å². The van der Waals surface area contributed by atoms with Gasteiger partial charge in [-0.15, -0.1) is 0 Å². The van der Waals surface area contributed by atoms with E-state index in [1.165, 1.54) is 6.26 Å². The van der Waals surface area contributed by atoms with Crippen LogP contribution in [0.1, 0.15) is 31.5 Å². The first-order valence-corrected chi connectivity index (χ1v) is 10.4. The molecule has 3 heterocycles. The van der Waals surface area contributed by atoms with Gasteiger partial charge in [0, 0.05) is 30.4 Å². The third kappa shape index (κ3) is 3.63. The highest BCUT2D eigenvalue weighted by atomic mass is 16.7. The molecule has 7 heteroatoms. The molecule has 30 heavy (non-hydrogen) atoms. The SMILES string of the molecule is CCOC1OC=C(C(=O)N2Cc3cc4cc(OC)ccc4nc3C2)C(CO)C1CC. The summed E-state index contributed by atoms with van der Waals surface area (Å²) in [6.07, 6.45) is 1.79. The summed E-state index contributed by atoms with van der Waals surface area (Å²) in [7, 11) is 1.64. The fourth-order valence-electron chi connectivity index (χ4n) is 4.40. The molecule has 1 aromatic carbocycles. The topological polar surface area (TPSA) is 81.1 Å². The number of aliphatic hydroxyl groups is 1. The number of aliphatic hydroxyl groups excluding tert-OH is 1. The van der Waals surface area contributed by atoms with Gasteiger partial charge in [0.1, 0.15) is 5.75 Å². The molecule has 0 radical (unpaired) electrons. The van der Waals surface area contributed by atoms with E-state index in [1.54, 1.807) is 12.0 Å². The van der Waals surface area contributed by atoms with Crippen molar-refractivity contribution < 1.29 is 24.1 Å². The van der Waals surface area contributed by atoms with Gasteiger partial charge < -0.3 is 24.2 Å². The van der Waals surface area contributed by atoms with E-state index in [-0.39, 0.29) is 24.3 Å². The number of pyridine rings is 1. The van der Waals surface area contributed by atoms with E-state index in [0.29, 0.717) is 25.3 Å². The van der Waals surface area contributed by atoms with Gasteiger partial charge in [0.15, 0.2) is 0 Å². The molecule has 0 bridgehead atoms. The lowest BCUT2D eigenvalue weighted by Gasteiger charge is -2.37. The summed E-state index contributed by atoms with van der Waals surface area (Å²) >= 11 is 0. The molecule has 1 amide bonds.